The third kappa shape index (κ3) is 7.70. The quantitative estimate of drug-likeness (QED) is 0.126. The van der Waals surface area contributed by atoms with Crippen molar-refractivity contribution in [3.63, 3.8) is 0 Å². The first kappa shape index (κ1) is 36.6. The zero-order valence-corrected chi connectivity index (χ0v) is 29.9. The second kappa shape index (κ2) is 14.3. The van der Waals surface area contributed by atoms with Gasteiger partial charge in [-0.05, 0) is 49.4 Å². The summed E-state index contributed by atoms with van der Waals surface area (Å²) >= 11 is 0. The number of hydrogen-bond acceptors (Lipinski definition) is 10. The maximum atomic E-state index is 14.9. The van der Waals surface area contributed by atoms with Crippen molar-refractivity contribution < 1.29 is 36.6 Å². The maximum absolute atomic E-state index is 14.9. The number of aromatic amines is 1. The summed E-state index contributed by atoms with van der Waals surface area (Å²) in [7, 11) is 4.76. The molecule has 0 spiro atoms. The molecule has 2 aliphatic carbocycles. The SMILES string of the molecule is COCC1(CN(C)c2cc(-c3cnc(C4CC4)c(C(F)(F)F)c3)nc3nc(NC(=O)c4ccc(CN5CCC(F)(C(=O)OC)C5)cn4)[nH]c23)CCCC1. The summed E-state index contributed by atoms with van der Waals surface area (Å²) in [6.07, 6.45) is 3.88. The number of carbonyl (C=O) groups is 2. The van der Waals surface area contributed by atoms with E-state index in [2.05, 4.69) is 35.0 Å². The monoisotopic (exact) mass is 738 g/mol. The van der Waals surface area contributed by atoms with Crippen LogP contribution >= 0.6 is 0 Å². The number of fused-ring (bicyclic) bond motifs is 1. The molecule has 0 radical (unpaired) electrons. The minimum absolute atomic E-state index is 0.0329. The fourth-order valence-corrected chi connectivity index (χ4v) is 7.79. The lowest BCUT2D eigenvalue weighted by molar-refractivity contribution is -0.153. The summed E-state index contributed by atoms with van der Waals surface area (Å²) in [5, 5.41) is 2.73. The number of nitrogens with one attached hydrogen (secondary N) is 2. The molecule has 16 heteroatoms. The summed E-state index contributed by atoms with van der Waals surface area (Å²) in [6.45, 7) is 1.79. The Morgan fingerprint density at radius 2 is 1.85 bits per heavy atom. The highest BCUT2D eigenvalue weighted by Crippen LogP contribution is 2.46. The highest BCUT2D eigenvalue weighted by molar-refractivity contribution is 6.03. The van der Waals surface area contributed by atoms with Crippen LogP contribution in [0.5, 0.6) is 0 Å². The standard InChI is InChI=1S/C37H42F4N8O4/c1-48(19-35(21-52-2)10-4-5-11-35)28-15-27(24-14-25(37(39,40)41)29(43-17-24)23-7-8-23)44-31-30(28)45-34(46-31)47-32(50)26-9-6-22(16-42-26)18-49-13-12-36(38,20-49)33(51)53-3/h6,9,14-17,23H,4-5,7-8,10-13,18-21H2,1-3H3,(H2,44,45,46,47,50). The Bertz CT molecular complexity index is 2000. The van der Waals surface area contributed by atoms with Crippen LogP contribution in [0.3, 0.4) is 0 Å². The van der Waals surface area contributed by atoms with Gasteiger partial charge in [0.25, 0.3) is 5.91 Å². The van der Waals surface area contributed by atoms with Crippen molar-refractivity contribution in [1.82, 2.24) is 29.8 Å². The zero-order valence-electron chi connectivity index (χ0n) is 29.9. The van der Waals surface area contributed by atoms with Crippen LogP contribution in [0.15, 0.2) is 36.7 Å². The number of halogens is 4. The number of aromatic nitrogens is 5. The molecule has 2 N–H and O–H groups in total. The van der Waals surface area contributed by atoms with E-state index in [9.17, 15) is 27.2 Å². The van der Waals surface area contributed by atoms with E-state index in [4.69, 9.17) is 4.74 Å². The number of ether oxygens (including phenoxy) is 2. The largest absolute Gasteiger partial charge is 0.467 e. The van der Waals surface area contributed by atoms with Crippen molar-refractivity contribution in [3.8, 4) is 11.3 Å². The number of amides is 1. The second-order valence-corrected chi connectivity index (χ2v) is 14.7. The van der Waals surface area contributed by atoms with Gasteiger partial charge in [-0.3, -0.25) is 25.0 Å². The molecule has 7 rings (SSSR count). The molecular formula is C37H42F4N8O4. The summed E-state index contributed by atoms with van der Waals surface area (Å²) in [5.74, 6) is -1.56. The number of likely N-dealkylation sites (tertiary alicyclic amines) is 1. The summed E-state index contributed by atoms with van der Waals surface area (Å²) < 4.78 is 67.7. The third-order valence-corrected chi connectivity index (χ3v) is 10.6. The van der Waals surface area contributed by atoms with Gasteiger partial charge < -0.3 is 19.4 Å². The number of hydrogen-bond donors (Lipinski definition) is 2. The number of rotatable bonds is 12. The lowest BCUT2D eigenvalue weighted by Crippen LogP contribution is -2.38. The van der Waals surface area contributed by atoms with Crippen molar-refractivity contribution in [2.75, 3.05) is 57.7 Å². The Hall–Kier alpha value is -4.70. The molecule has 4 aromatic rings. The number of esters is 1. The minimum Gasteiger partial charge on any atom is -0.467 e. The van der Waals surface area contributed by atoms with Crippen LogP contribution in [0.4, 0.5) is 29.2 Å². The average molecular weight is 739 g/mol. The summed E-state index contributed by atoms with van der Waals surface area (Å²) in [5.41, 5.74) is -0.198. The number of alkyl halides is 4. The molecule has 0 bridgehead atoms. The molecule has 282 valence electrons. The molecule has 12 nitrogen and oxygen atoms in total. The Morgan fingerprint density at radius 1 is 1.08 bits per heavy atom. The van der Waals surface area contributed by atoms with Crippen LogP contribution in [0.1, 0.15) is 78.2 Å². The number of H-pyrrole nitrogens is 1. The van der Waals surface area contributed by atoms with Crippen LogP contribution in [0, 0.1) is 5.41 Å². The number of anilines is 2. The predicted molar refractivity (Wildman–Crippen MR) is 188 cm³/mol. The first-order valence-corrected chi connectivity index (χ1v) is 17.7. The molecule has 4 aromatic heterocycles. The zero-order chi connectivity index (χ0) is 37.5. The molecular weight excluding hydrogens is 696 g/mol. The molecule has 1 atom stereocenters. The van der Waals surface area contributed by atoms with Gasteiger partial charge in [0, 0.05) is 76.0 Å². The van der Waals surface area contributed by atoms with Crippen LogP contribution in [-0.4, -0.2) is 94.9 Å². The van der Waals surface area contributed by atoms with E-state index in [0.717, 1.165) is 44.4 Å². The molecule has 3 fully saturated rings. The second-order valence-electron chi connectivity index (χ2n) is 14.7. The van der Waals surface area contributed by atoms with E-state index in [1.807, 2.05) is 11.9 Å². The molecule has 1 unspecified atom stereocenters. The molecule has 3 aliphatic rings. The lowest BCUT2D eigenvalue weighted by atomic mass is 9.86. The number of methoxy groups -OCH3 is 2. The molecule has 2 saturated carbocycles. The Kier molecular flexibility index (Phi) is 9.87. The van der Waals surface area contributed by atoms with Gasteiger partial charge >= 0.3 is 12.1 Å². The first-order valence-electron chi connectivity index (χ1n) is 17.7. The van der Waals surface area contributed by atoms with Gasteiger partial charge in [-0.15, -0.1) is 0 Å². The van der Waals surface area contributed by atoms with Crippen molar-refractivity contribution in [2.24, 2.45) is 5.41 Å². The number of nitrogens with zero attached hydrogens (tertiary/aromatic N) is 6. The summed E-state index contributed by atoms with van der Waals surface area (Å²) in [6, 6.07) is 6.08. The molecule has 0 aromatic carbocycles. The highest BCUT2D eigenvalue weighted by atomic mass is 19.4. The predicted octanol–water partition coefficient (Wildman–Crippen LogP) is 6.29. The van der Waals surface area contributed by atoms with E-state index in [-0.39, 0.29) is 58.5 Å². The van der Waals surface area contributed by atoms with E-state index >= 15 is 0 Å². The van der Waals surface area contributed by atoms with Gasteiger partial charge in [-0.1, -0.05) is 18.9 Å². The lowest BCUT2D eigenvalue weighted by Gasteiger charge is -2.34. The average Bonchev–Trinajstić information content (AvgIpc) is 3.56. The first-order chi connectivity index (χ1) is 25.3. The molecule has 5 heterocycles. The maximum Gasteiger partial charge on any atom is 0.418 e. The van der Waals surface area contributed by atoms with Crippen LogP contribution in [-0.2, 0) is 27.0 Å². The topological polar surface area (TPSA) is 138 Å². The van der Waals surface area contributed by atoms with Gasteiger partial charge in [0.15, 0.2) is 5.65 Å². The van der Waals surface area contributed by atoms with E-state index in [1.165, 1.54) is 18.5 Å². The van der Waals surface area contributed by atoms with Crippen LogP contribution in [0.25, 0.3) is 22.4 Å². The van der Waals surface area contributed by atoms with Gasteiger partial charge in [0.05, 0.1) is 36.4 Å². The van der Waals surface area contributed by atoms with Gasteiger partial charge in [-0.25, -0.2) is 14.2 Å². The number of pyridine rings is 3. The smallest absolute Gasteiger partial charge is 0.418 e. The highest BCUT2D eigenvalue weighted by Gasteiger charge is 2.46. The Labute approximate surface area is 303 Å². The fraction of sp³-hybridized carbons (Fsp3) is 0.514. The van der Waals surface area contributed by atoms with Crippen LogP contribution in [0.2, 0.25) is 0 Å². The molecule has 1 amide bonds. The van der Waals surface area contributed by atoms with Gasteiger partial charge in [0.2, 0.25) is 11.6 Å². The van der Waals surface area contributed by atoms with Crippen molar-refractivity contribution >= 4 is 34.7 Å². The summed E-state index contributed by atoms with van der Waals surface area (Å²) in [4.78, 5) is 49.9. The van der Waals surface area contributed by atoms with E-state index in [0.29, 0.717) is 50.3 Å². The van der Waals surface area contributed by atoms with E-state index in [1.54, 1.807) is 24.1 Å². The van der Waals surface area contributed by atoms with Gasteiger partial charge in [-0.2, -0.15) is 18.2 Å². The Morgan fingerprint density at radius 3 is 2.51 bits per heavy atom. The van der Waals surface area contributed by atoms with Crippen molar-refractivity contribution in [2.45, 2.75) is 69.3 Å². The van der Waals surface area contributed by atoms with Gasteiger partial charge in [0.1, 0.15) is 11.2 Å². The molecule has 1 aliphatic heterocycles. The van der Waals surface area contributed by atoms with E-state index < -0.39 is 29.3 Å². The normalized spacial score (nSPS) is 20.2. The fourth-order valence-electron chi connectivity index (χ4n) is 7.79. The Balaban J connectivity index is 1.16. The molecule has 53 heavy (non-hydrogen) atoms. The van der Waals surface area contributed by atoms with Crippen LogP contribution < -0.4 is 10.2 Å². The molecule has 1 saturated heterocycles. The third-order valence-electron chi connectivity index (χ3n) is 10.6. The van der Waals surface area contributed by atoms with Crippen molar-refractivity contribution in [3.05, 3.63) is 59.2 Å². The minimum atomic E-state index is -4.57. The van der Waals surface area contributed by atoms with Crippen molar-refractivity contribution in [1.29, 1.82) is 0 Å². The number of imidazole rings is 1. The number of carbonyl (C=O) groups excluding carboxylic acids is 2.